The Morgan fingerprint density at radius 2 is 1.89 bits per heavy atom. The summed E-state index contributed by atoms with van der Waals surface area (Å²) in [6.45, 7) is 3.18. The van der Waals surface area contributed by atoms with Crippen molar-refractivity contribution in [3.8, 4) is 0 Å². The van der Waals surface area contributed by atoms with E-state index in [2.05, 4.69) is 18.9 Å². The van der Waals surface area contributed by atoms with Crippen molar-refractivity contribution in [1.82, 2.24) is 4.90 Å². The number of nitrogens with two attached hydrogens (primary N) is 1. The second kappa shape index (κ2) is 6.91. The normalized spacial score (nSPS) is 31.3. The van der Waals surface area contributed by atoms with Gasteiger partial charge < -0.3 is 5.73 Å². The number of likely N-dealkylation sites (N-methyl/N-ethyl adjacent to an activating group) is 1. The summed E-state index contributed by atoms with van der Waals surface area (Å²) >= 11 is 0. The molecule has 2 nitrogen and oxygen atoms in total. The van der Waals surface area contributed by atoms with E-state index in [0.29, 0.717) is 6.04 Å². The van der Waals surface area contributed by atoms with Crippen LogP contribution in [0, 0.1) is 11.8 Å². The molecule has 2 saturated carbocycles. The van der Waals surface area contributed by atoms with Gasteiger partial charge in [-0.15, -0.1) is 0 Å². The standard InChI is InChI=1S/C16H32N2/c1-3-5-13-6-4-7-15(11-8-13)18(2)16(12-17)14-9-10-14/h13-16H,3-12,17H2,1-2H3. The van der Waals surface area contributed by atoms with Crippen molar-refractivity contribution in [2.45, 2.75) is 76.8 Å². The molecular weight excluding hydrogens is 220 g/mol. The van der Waals surface area contributed by atoms with E-state index in [1.165, 1.54) is 57.8 Å². The predicted molar refractivity (Wildman–Crippen MR) is 78.6 cm³/mol. The van der Waals surface area contributed by atoms with Gasteiger partial charge in [0.05, 0.1) is 0 Å². The summed E-state index contributed by atoms with van der Waals surface area (Å²) in [5, 5.41) is 0. The van der Waals surface area contributed by atoms with Crippen LogP contribution in [0.25, 0.3) is 0 Å². The van der Waals surface area contributed by atoms with Crippen molar-refractivity contribution in [3.63, 3.8) is 0 Å². The molecule has 2 aliphatic rings. The average Bonchev–Trinajstić information content (AvgIpc) is 3.17. The number of nitrogens with zero attached hydrogens (tertiary/aromatic N) is 1. The summed E-state index contributed by atoms with van der Waals surface area (Å²) in [5.41, 5.74) is 5.99. The van der Waals surface area contributed by atoms with Crippen molar-refractivity contribution in [2.24, 2.45) is 17.6 Å². The van der Waals surface area contributed by atoms with Crippen molar-refractivity contribution >= 4 is 0 Å². The van der Waals surface area contributed by atoms with E-state index >= 15 is 0 Å². The summed E-state index contributed by atoms with van der Waals surface area (Å²) in [7, 11) is 2.33. The minimum absolute atomic E-state index is 0.665. The highest BCUT2D eigenvalue weighted by molar-refractivity contribution is 4.90. The van der Waals surface area contributed by atoms with E-state index in [1.807, 2.05) is 0 Å². The molecule has 0 radical (unpaired) electrons. The lowest BCUT2D eigenvalue weighted by Crippen LogP contribution is -2.45. The summed E-state index contributed by atoms with van der Waals surface area (Å²) in [6, 6.07) is 1.47. The van der Waals surface area contributed by atoms with Crippen molar-refractivity contribution in [1.29, 1.82) is 0 Å². The third kappa shape index (κ3) is 3.71. The van der Waals surface area contributed by atoms with Gasteiger partial charge in [-0.05, 0) is 51.0 Å². The average molecular weight is 252 g/mol. The van der Waals surface area contributed by atoms with Crippen LogP contribution in [0.2, 0.25) is 0 Å². The fraction of sp³-hybridized carbons (Fsp3) is 1.00. The Labute approximate surface area is 113 Å². The molecule has 0 aromatic carbocycles. The molecule has 2 aliphatic carbocycles. The molecule has 2 N–H and O–H groups in total. The van der Waals surface area contributed by atoms with E-state index < -0.39 is 0 Å². The highest BCUT2D eigenvalue weighted by Gasteiger charge is 2.35. The molecule has 0 spiro atoms. The van der Waals surface area contributed by atoms with Gasteiger partial charge in [-0.25, -0.2) is 0 Å². The number of rotatable bonds is 6. The van der Waals surface area contributed by atoms with Crippen molar-refractivity contribution < 1.29 is 0 Å². The Morgan fingerprint density at radius 1 is 1.11 bits per heavy atom. The smallest absolute Gasteiger partial charge is 0.0246 e. The molecule has 2 fully saturated rings. The first-order chi connectivity index (χ1) is 8.76. The van der Waals surface area contributed by atoms with Crippen LogP contribution >= 0.6 is 0 Å². The fourth-order valence-corrected chi connectivity index (χ4v) is 3.91. The molecule has 0 aliphatic heterocycles. The Bertz CT molecular complexity index is 237. The molecule has 2 heteroatoms. The lowest BCUT2D eigenvalue weighted by Gasteiger charge is -2.34. The molecule has 0 bridgehead atoms. The zero-order valence-corrected chi connectivity index (χ0v) is 12.4. The van der Waals surface area contributed by atoms with Gasteiger partial charge in [-0.3, -0.25) is 4.90 Å². The summed E-state index contributed by atoms with van der Waals surface area (Å²) in [6.07, 6.45) is 12.8. The molecule has 106 valence electrons. The topological polar surface area (TPSA) is 29.3 Å². The van der Waals surface area contributed by atoms with Crippen LogP contribution in [0.15, 0.2) is 0 Å². The van der Waals surface area contributed by atoms with Crippen LogP contribution in [-0.2, 0) is 0 Å². The molecular formula is C16H32N2. The predicted octanol–water partition coefficient (Wildman–Crippen LogP) is 3.40. The summed E-state index contributed by atoms with van der Waals surface area (Å²) in [4.78, 5) is 2.64. The van der Waals surface area contributed by atoms with Crippen LogP contribution in [-0.4, -0.2) is 30.6 Å². The molecule has 2 rings (SSSR count). The molecule has 3 unspecified atom stereocenters. The lowest BCUT2D eigenvalue weighted by molar-refractivity contribution is 0.144. The fourth-order valence-electron chi connectivity index (χ4n) is 3.91. The lowest BCUT2D eigenvalue weighted by atomic mass is 9.95. The van der Waals surface area contributed by atoms with Crippen molar-refractivity contribution in [2.75, 3.05) is 13.6 Å². The van der Waals surface area contributed by atoms with E-state index in [1.54, 1.807) is 0 Å². The molecule has 0 aromatic heterocycles. The van der Waals surface area contributed by atoms with Crippen LogP contribution < -0.4 is 5.73 Å². The quantitative estimate of drug-likeness (QED) is 0.734. The largest absolute Gasteiger partial charge is 0.329 e. The van der Waals surface area contributed by atoms with Gasteiger partial charge in [0.1, 0.15) is 0 Å². The molecule has 3 atom stereocenters. The van der Waals surface area contributed by atoms with E-state index in [4.69, 9.17) is 5.73 Å². The van der Waals surface area contributed by atoms with Gasteiger partial charge in [-0.2, -0.15) is 0 Å². The summed E-state index contributed by atoms with van der Waals surface area (Å²) < 4.78 is 0. The van der Waals surface area contributed by atoms with Gasteiger partial charge in [0.2, 0.25) is 0 Å². The Balaban J connectivity index is 1.84. The maximum Gasteiger partial charge on any atom is 0.0246 e. The third-order valence-corrected chi connectivity index (χ3v) is 5.26. The van der Waals surface area contributed by atoms with Crippen LogP contribution in [0.1, 0.15) is 64.7 Å². The van der Waals surface area contributed by atoms with Crippen LogP contribution in [0.4, 0.5) is 0 Å². The minimum atomic E-state index is 0.665. The first-order valence-electron chi connectivity index (χ1n) is 8.18. The highest BCUT2D eigenvalue weighted by Crippen LogP contribution is 2.37. The molecule has 0 amide bonds. The van der Waals surface area contributed by atoms with Crippen LogP contribution in [0.3, 0.4) is 0 Å². The zero-order chi connectivity index (χ0) is 13.0. The first-order valence-corrected chi connectivity index (χ1v) is 8.18. The van der Waals surface area contributed by atoms with E-state index in [-0.39, 0.29) is 0 Å². The number of hydrogen-bond acceptors (Lipinski definition) is 2. The molecule has 0 saturated heterocycles. The zero-order valence-electron chi connectivity index (χ0n) is 12.4. The van der Waals surface area contributed by atoms with Gasteiger partial charge in [0.15, 0.2) is 0 Å². The molecule has 0 aromatic rings. The van der Waals surface area contributed by atoms with Gasteiger partial charge in [0.25, 0.3) is 0 Å². The van der Waals surface area contributed by atoms with Gasteiger partial charge >= 0.3 is 0 Å². The SMILES string of the molecule is CCCC1CCCC(N(C)C(CN)C2CC2)CC1. The highest BCUT2D eigenvalue weighted by atomic mass is 15.2. The maximum absolute atomic E-state index is 5.99. The minimum Gasteiger partial charge on any atom is -0.329 e. The second-order valence-electron chi connectivity index (χ2n) is 6.62. The Hall–Kier alpha value is -0.0800. The Kier molecular flexibility index (Phi) is 5.50. The van der Waals surface area contributed by atoms with Crippen molar-refractivity contribution in [3.05, 3.63) is 0 Å². The van der Waals surface area contributed by atoms with Gasteiger partial charge in [-0.1, -0.05) is 32.6 Å². The first kappa shape index (κ1) is 14.3. The molecule has 18 heavy (non-hydrogen) atoms. The summed E-state index contributed by atoms with van der Waals surface area (Å²) in [5.74, 6) is 1.92. The van der Waals surface area contributed by atoms with Gasteiger partial charge in [0, 0.05) is 18.6 Å². The monoisotopic (exact) mass is 252 g/mol. The third-order valence-electron chi connectivity index (χ3n) is 5.26. The second-order valence-corrected chi connectivity index (χ2v) is 6.62. The molecule has 0 heterocycles. The van der Waals surface area contributed by atoms with E-state index in [0.717, 1.165) is 24.4 Å². The van der Waals surface area contributed by atoms with E-state index in [9.17, 15) is 0 Å². The maximum atomic E-state index is 5.99. The Morgan fingerprint density at radius 3 is 2.50 bits per heavy atom. The number of hydrogen-bond donors (Lipinski definition) is 1. The van der Waals surface area contributed by atoms with Crippen LogP contribution in [0.5, 0.6) is 0 Å².